The molecular weight excluding hydrogens is 442 g/mol. The van der Waals surface area contributed by atoms with E-state index in [-0.39, 0.29) is 18.0 Å². The van der Waals surface area contributed by atoms with Crippen LogP contribution in [0.25, 0.3) is 26.3 Å². The summed E-state index contributed by atoms with van der Waals surface area (Å²) in [5.41, 5.74) is 2.54. The van der Waals surface area contributed by atoms with Crippen molar-refractivity contribution in [2.45, 2.75) is 13.1 Å². The molecule has 1 amide bonds. The van der Waals surface area contributed by atoms with Crippen molar-refractivity contribution in [3.05, 3.63) is 87.9 Å². The second kappa shape index (κ2) is 8.52. The zero-order valence-electron chi connectivity index (χ0n) is 17.2. The Kier molecular flexibility index (Phi) is 5.42. The Morgan fingerprint density at radius 1 is 1.12 bits per heavy atom. The second-order valence-electron chi connectivity index (χ2n) is 7.36. The largest absolute Gasteiger partial charge is 0.340 e. The summed E-state index contributed by atoms with van der Waals surface area (Å²) in [4.78, 5) is 33.7. The molecule has 0 bridgehead atoms. The van der Waals surface area contributed by atoms with Gasteiger partial charge in [-0.15, -0.1) is 22.7 Å². The van der Waals surface area contributed by atoms with Crippen molar-refractivity contribution in [1.82, 2.24) is 24.2 Å². The third-order valence-corrected chi connectivity index (χ3v) is 6.94. The van der Waals surface area contributed by atoms with Crippen LogP contribution in [0.5, 0.6) is 0 Å². The molecule has 0 saturated carbocycles. The summed E-state index contributed by atoms with van der Waals surface area (Å²) in [5.74, 6) is -0.173. The fourth-order valence-electron chi connectivity index (χ4n) is 3.49. The number of carbonyl (C=O) groups is 1. The molecule has 9 heteroatoms. The summed E-state index contributed by atoms with van der Waals surface area (Å²) in [7, 11) is 1.72. The van der Waals surface area contributed by atoms with Gasteiger partial charge in [0.2, 0.25) is 5.91 Å². The Labute approximate surface area is 191 Å². The number of likely N-dealkylation sites (N-methyl/N-ethyl adjacent to an activating group) is 1. The first kappa shape index (κ1) is 20.3. The summed E-state index contributed by atoms with van der Waals surface area (Å²) in [6.45, 7) is 0.333. The topological polar surface area (TPSA) is 73.0 Å². The van der Waals surface area contributed by atoms with E-state index in [0.717, 1.165) is 21.7 Å². The van der Waals surface area contributed by atoms with Crippen molar-refractivity contribution in [2.24, 2.45) is 0 Å². The maximum atomic E-state index is 13.1. The monoisotopic (exact) mass is 461 g/mol. The quantitative estimate of drug-likeness (QED) is 0.383. The van der Waals surface area contributed by atoms with Gasteiger partial charge in [-0.3, -0.25) is 14.2 Å². The van der Waals surface area contributed by atoms with Crippen LogP contribution in [0.2, 0.25) is 0 Å². The van der Waals surface area contributed by atoms with E-state index in [1.54, 1.807) is 34.2 Å². The molecule has 4 heterocycles. The average molecular weight is 462 g/mol. The van der Waals surface area contributed by atoms with E-state index in [0.29, 0.717) is 16.8 Å². The maximum absolute atomic E-state index is 13.1. The molecule has 0 unspecified atom stereocenters. The molecule has 0 atom stereocenters. The summed E-state index contributed by atoms with van der Waals surface area (Å²) in [6, 6.07) is 13.7. The van der Waals surface area contributed by atoms with Gasteiger partial charge in [-0.1, -0.05) is 24.3 Å². The number of rotatable bonds is 6. The van der Waals surface area contributed by atoms with E-state index in [4.69, 9.17) is 0 Å². The lowest BCUT2D eigenvalue weighted by Crippen LogP contribution is -2.33. The number of carbonyl (C=O) groups excluding carboxylic acids is 1. The number of hydrogen-bond acceptors (Lipinski definition) is 6. The van der Waals surface area contributed by atoms with E-state index in [2.05, 4.69) is 10.1 Å². The van der Waals surface area contributed by atoms with Gasteiger partial charge in [-0.05, 0) is 23.6 Å². The lowest BCUT2D eigenvalue weighted by molar-refractivity contribution is -0.131. The van der Waals surface area contributed by atoms with E-state index >= 15 is 0 Å². The van der Waals surface area contributed by atoms with Gasteiger partial charge in [0.05, 0.1) is 23.6 Å². The molecule has 0 fully saturated rings. The molecule has 0 aliphatic heterocycles. The van der Waals surface area contributed by atoms with Crippen LogP contribution in [0.15, 0.2) is 76.7 Å². The van der Waals surface area contributed by atoms with Crippen molar-refractivity contribution < 1.29 is 4.79 Å². The molecule has 160 valence electrons. The van der Waals surface area contributed by atoms with Crippen LogP contribution < -0.4 is 5.56 Å². The first-order valence-corrected chi connectivity index (χ1v) is 11.7. The molecule has 0 saturated heterocycles. The van der Waals surface area contributed by atoms with Crippen LogP contribution >= 0.6 is 22.7 Å². The number of para-hydroxylation sites is 1. The number of fused-ring (bicyclic) bond motifs is 1. The average Bonchev–Trinajstić information content (AvgIpc) is 3.57. The summed E-state index contributed by atoms with van der Waals surface area (Å²) in [6.07, 6.45) is 5.10. The molecule has 5 aromatic rings. The van der Waals surface area contributed by atoms with Crippen molar-refractivity contribution >= 4 is 38.8 Å². The zero-order valence-corrected chi connectivity index (χ0v) is 18.8. The number of amides is 1. The molecule has 32 heavy (non-hydrogen) atoms. The molecule has 0 spiro atoms. The van der Waals surface area contributed by atoms with E-state index < -0.39 is 0 Å². The lowest BCUT2D eigenvalue weighted by Gasteiger charge is -2.17. The third kappa shape index (κ3) is 3.88. The normalized spacial score (nSPS) is 11.2. The number of thiophene rings is 2. The van der Waals surface area contributed by atoms with Crippen LogP contribution in [0.4, 0.5) is 0 Å². The number of nitrogens with zero attached hydrogens (tertiary/aromatic N) is 5. The smallest absolute Gasteiger partial charge is 0.263 e. The Balaban J connectivity index is 1.34. The second-order valence-corrected chi connectivity index (χ2v) is 9.17. The highest BCUT2D eigenvalue weighted by Gasteiger charge is 2.17. The fraction of sp³-hybridized carbons (Fsp3) is 0.130. The van der Waals surface area contributed by atoms with Crippen molar-refractivity contribution in [2.75, 3.05) is 7.05 Å². The number of benzene rings is 1. The SMILES string of the molecule is CN(Cc1cnn(-c2ccccc2)c1)C(=O)Cn1cnc2scc(-c3cccs3)c2c1=O. The standard InChI is InChI=1S/C23H19N5O2S2/c1-26(11-16-10-25-28(12-16)17-6-3-2-4-7-17)20(29)13-27-15-24-22-21(23(27)30)18(14-32-22)19-8-5-9-31-19/h2-10,12,14-15H,11,13H2,1H3. The van der Waals surface area contributed by atoms with Gasteiger partial charge in [-0.2, -0.15) is 5.10 Å². The van der Waals surface area contributed by atoms with Gasteiger partial charge in [0, 0.05) is 41.2 Å². The molecule has 4 aromatic heterocycles. The zero-order chi connectivity index (χ0) is 22.1. The minimum absolute atomic E-state index is 0.0647. The molecule has 0 aliphatic carbocycles. The Morgan fingerprint density at radius 3 is 2.75 bits per heavy atom. The van der Waals surface area contributed by atoms with Gasteiger partial charge >= 0.3 is 0 Å². The van der Waals surface area contributed by atoms with Crippen molar-refractivity contribution in [3.63, 3.8) is 0 Å². The van der Waals surface area contributed by atoms with Gasteiger partial charge in [0.25, 0.3) is 5.56 Å². The van der Waals surface area contributed by atoms with Crippen LogP contribution in [-0.4, -0.2) is 37.2 Å². The molecule has 1 aromatic carbocycles. The Hall–Kier alpha value is -3.56. The van der Waals surface area contributed by atoms with E-state index in [1.807, 2.05) is 59.4 Å². The van der Waals surface area contributed by atoms with Gasteiger partial charge in [-0.25, -0.2) is 9.67 Å². The fourth-order valence-corrected chi connectivity index (χ4v) is 5.21. The highest BCUT2D eigenvalue weighted by Crippen LogP contribution is 2.33. The predicted octanol–water partition coefficient (Wildman–Crippen LogP) is 4.03. The highest BCUT2D eigenvalue weighted by molar-refractivity contribution is 7.18. The highest BCUT2D eigenvalue weighted by atomic mass is 32.1. The minimum Gasteiger partial charge on any atom is -0.340 e. The third-order valence-electron chi connectivity index (χ3n) is 5.16. The van der Waals surface area contributed by atoms with Crippen molar-refractivity contribution in [1.29, 1.82) is 0 Å². The van der Waals surface area contributed by atoms with E-state index in [9.17, 15) is 9.59 Å². The Morgan fingerprint density at radius 2 is 1.97 bits per heavy atom. The van der Waals surface area contributed by atoms with E-state index in [1.165, 1.54) is 22.2 Å². The summed E-state index contributed by atoms with van der Waals surface area (Å²) >= 11 is 3.02. The van der Waals surface area contributed by atoms with Gasteiger partial charge in [0.1, 0.15) is 11.4 Å². The number of hydrogen-bond donors (Lipinski definition) is 0. The lowest BCUT2D eigenvalue weighted by atomic mass is 10.2. The minimum atomic E-state index is -0.196. The van der Waals surface area contributed by atoms with Gasteiger partial charge < -0.3 is 4.90 Å². The van der Waals surface area contributed by atoms with Gasteiger partial charge in [0.15, 0.2) is 0 Å². The van der Waals surface area contributed by atoms with Crippen molar-refractivity contribution in [3.8, 4) is 16.1 Å². The van der Waals surface area contributed by atoms with Crippen LogP contribution in [-0.2, 0) is 17.9 Å². The first-order chi connectivity index (χ1) is 15.6. The maximum Gasteiger partial charge on any atom is 0.263 e. The Bertz CT molecular complexity index is 1430. The van der Waals surface area contributed by atoms with Crippen LogP contribution in [0, 0.1) is 0 Å². The van der Waals surface area contributed by atoms with Crippen LogP contribution in [0.3, 0.4) is 0 Å². The van der Waals surface area contributed by atoms with Crippen LogP contribution in [0.1, 0.15) is 5.56 Å². The number of aromatic nitrogens is 4. The predicted molar refractivity (Wildman–Crippen MR) is 127 cm³/mol. The molecule has 5 rings (SSSR count). The molecule has 0 N–H and O–H groups in total. The molecule has 7 nitrogen and oxygen atoms in total. The summed E-state index contributed by atoms with van der Waals surface area (Å²) < 4.78 is 3.16. The summed E-state index contributed by atoms with van der Waals surface area (Å²) in [5, 5.41) is 8.87. The molecule has 0 radical (unpaired) electrons. The molecular formula is C23H19N5O2S2. The molecule has 0 aliphatic rings. The first-order valence-electron chi connectivity index (χ1n) is 9.93.